The summed E-state index contributed by atoms with van der Waals surface area (Å²) in [7, 11) is 0. The van der Waals surface area contributed by atoms with E-state index in [0.717, 1.165) is 22.2 Å². The zero-order valence-electron chi connectivity index (χ0n) is 8.94. The highest BCUT2D eigenvalue weighted by Crippen LogP contribution is 2.23. The van der Waals surface area contributed by atoms with E-state index in [2.05, 4.69) is 45.2 Å². The number of aromatic nitrogens is 2. The van der Waals surface area contributed by atoms with E-state index in [1.807, 2.05) is 18.2 Å². The fourth-order valence-electron chi connectivity index (χ4n) is 1.43. The van der Waals surface area contributed by atoms with Crippen LogP contribution < -0.4 is 5.73 Å². The van der Waals surface area contributed by atoms with Crippen LogP contribution in [0.2, 0.25) is 0 Å². The molecule has 82 valence electrons. The van der Waals surface area contributed by atoms with Crippen molar-refractivity contribution in [3.05, 3.63) is 40.4 Å². The van der Waals surface area contributed by atoms with Gasteiger partial charge in [-0.3, -0.25) is 0 Å². The van der Waals surface area contributed by atoms with E-state index in [9.17, 15) is 0 Å². The summed E-state index contributed by atoms with van der Waals surface area (Å²) in [6.45, 7) is 2.13. The van der Waals surface area contributed by atoms with E-state index in [4.69, 9.17) is 5.73 Å². The fraction of sp³-hybridized carbons (Fsp3) is 0.167. The third-order valence-electron chi connectivity index (χ3n) is 2.43. The van der Waals surface area contributed by atoms with Gasteiger partial charge in [-0.1, -0.05) is 31.2 Å². The second-order valence-electron chi connectivity index (χ2n) is 3.51. The van der Waals surface area contributed by atoms with Crippen LogP contribution in [0, 0.1) is 0 Å². The van der Waals surface area contributed by atoms with Crippen LogP contribution in [-0.4, -0.2) is 10.2 Å². The fourth-order valence-corrected chi connectivity index (χ4v) is 1.73. The van der Waals surface area contributed by atoms with Crippen LogP contribution >= 0.6 is 15.9 Å². The number of nitrogens with two attached hydrogens (primary N) is 1. The van der Waals surface area contributed by atoms with Crippen LogP contribution in [0.3, 0.4) is 0 Å². The van der Waals surface area contributed by atoms with Crippen molar-refractivity contribution in [2.24, 2.45) is 0 Å². The highest BCUT2D eigenvalue weighted by Gasteiger charge is 2.03. The number of aryl methyl sites for hydroxylation is 1. The maximum absolute atomic E-state index is 5.59. The van der Waals surface area contributed by atoms with E-state index in [1.165, 1.54) is 5.56 Å². The minimum atomic E-state index is 0.411. The minimum Gasteiger partial charge on any atom is -0.381 e. The molecular formula is C12H12BrN3. The SMILES string of the molecule is CCc1ccc(-c2cc(Br)c(N)nn2)cc1. The average Bonchev–Trinajstić information content (AvgIpc) is 2.33. The van der Waals surface area contributed by atoms with Gasteiger partial charge in [-0.25, -0.2) is 0 Å². The molecule has 16 heavy (non-hydrogen) atoms. The monoisotopic (exact) mass is 277 g/mol. The molecule has 0 saturated heterocycles. The summed E-state index contributed by atoms with van der Waals surface area (Å²) < 4.78 is 0.775. The number of anilines is 1. The van der Waals surface area contributed by atoms with Gasteiger partial charge in [0.1, 0.15) is 0 Å². The van der Waals surface area contributed by atoms with Crippen molar-refractivity contribution >= 4 is 21.7 Å². The van der Waals surface area contributed by atoms with Gasteiger partial charge in [0.15, 0.2) is 5.82 Å². The smallest absolute Gasteiger partial charge is 0.160 e. The Morgan fingerprint density at radius 2 is 1.88 bits per heavy atom. The first kappa shape index (κ1) is 11.1. The Kier molecular flexibility index (Phi) is 3.19. The largest absolute Gasteiger partial charge is 0.381 e. The maximum Gasteiger partial charge on any atom is 0.160 e. The molecule has 0 fully saturated rings. The van der Waals surface area contributed by atoms with E-state index < -0.39 is 0 Å². The molecule has 0 spiro atoms. The van der Waals surface area contributed by atoms with Crippen molar-refractivity contribution in [3.8, 4) is 11.3 Å². The molecule has 3 nitrogen and oxygen atoms in total. The number of hydrogen-bond donors (Lipinski definition) is 1. The van der Waals surface area contributed by atoms with Crippen LogP contribution in [0.5, 0.6) is 0 Å². The van der Waals surface area contributed by atoms with Crippen LogP contribution in [0.25, 0.3) is 11.3 Å². The zero-order chi connectivity index (χ0) is 11.5. The molecular weight excluding hydrogens is 266 g/mol. The highest BCUT2D eigenvalue weighted by atomic mass is 79.9. The van der Waals surface area contributed by atoms with Gasteiger partial charge in [0.2, 0.25) is 0 Å². The normalized spacial score (nSPS) is 10.4. The summed E-state index contributed by atoms with van der Waals surface area (Å²) in [5.41, 5.74) is 8.77. The van der Waals surface area contributed by atoms with E-state index >= 15 is 0 Å². The highest BCUT2D eigenvalue weighted by molar-refractivity contribution is 9.10. The molecule has 0 unspecified atom stereocenters. The summed E-state index contributed by atoms with van der Waals surface area (Å²) >= 11 is 3.34. The van der Waals surface area contributed by atoms with Gasteiger partial charge in [0.05, 0.1) is 10.2 Å². The molecule has 1 heterocycles. The molecule has 0 radical (unpaired) electrons. The van der Waals surface area contributed by atoms with Gasteiger partial charge in [-0.2, -0.15) is 0 Å². The summed E-state index contributed by atoms with van der Waals surface area (Å²) in [4.78, 5) is 0. The summed E-state index contributed by atoms with van der Waals surface area (Å²) in [6, 6.07) is 10.2. The predicted octanol–water partition coefficient (Wildman–Crippen LogP) is 3.05. The molecule has 0 aliphatic carbocycles. The standard InChI is InChI=1S/C12H12BrN3/c1-2-8-3-5-9(6-4-8)11-7-10(13)12(14)16-15-11/h3-7H,2H2,1H3,(H2,14,16). The van der Waals surface area contributed by atoms with Gasteiger partial charge in [0, 0.05) is 5.56 Å². The molecule has 0 bridgehead atoms. The molecule has 0 atom stereocenters. The molecule has 2 aromatic rings. The Hall–Kier alpha value is -1.42. The van der Waals surface area contributed by atoms with Crippen molar-refractivity contribution in [1.29, 1.82) is 0 Å². The summed E-state index contributed by atoms with van der Waals surface area (Å²) in [6.07, 6.45) is 1.04. The number of hydrogen-bond acceptors (Lipinski definition) is 3. The van der Waals surface area contributed by atoms with E-state index in [1.54, 1.807) is 0 Å². The lowest BCUT2D eigenvalue weighted by molar-refractivity contribution is 1.04. The molecule has 0 saturated carbocycles. The van der Waals surface area contributed by atoms with Crippen LogP contribution in [0.4, 0.5) is 5.82 Å². The van der Waals surface area contributed by atoms with Gasteiger partial charge in [0.25, 0.3) is 0 Å². The van der Waals surface area contributed by atoms with Gasteiger partial charge >= 0.3 is 0 Å². The Bertz CT molecular complexity index is 494. The average molecular weight is 278 g/mol. The Labute approximate surface area is 103 Å². The molecule has 2 N–H and O–H groups in total. The van der Waals surface area contributed by atoms with E-state index in [0.29, 0.717) is 5.82 Å². The van der Waals surface area contributed by atoms with Crippen molar-refractivity contribution in [1.82, 2.24) is 10.2 Å². The molecule has 0 aliphatic rings. The second kappa shape index (κ2) is 4.61. The van der Waals surface area contributed by atoms with Crippen LogP contribution in [-0.2, 0) is 6.42 Å². The molecule has 4 heteroatoms. The van der Waals surface area contributed by atoms with Gasteiger partial charge < -0.3 is 5.73 Å². The van der Waals surface area contributed by atoms with Crippen molar-refractivity contribution in [2.75, 3.05) is 5.73 Å². The lowest BCUT2D eigenvalue weighted by Crippen LogP contribution is -1.96. The van der Waals surface area contributed by atoms with Crippen LogP contribution in [0.1, 0.15) is 12.5 Å². The summed E-state index contributed by atoms with van der Waals surface area (Å²) in [5, 5.41) is 7.94. The van der Waals surface area contributed by atoms with Crippen molar-refractivity contribution < 1.29 is 0 Å². The quantitative estimate of drug-likeness (QED) is 0.918. The maximum atomic E-state index is 5.59. The molecule has 1 aromatic heterocycles. The summed E-state index contributed by atoms with van der Waals surface area (Å²) in [5.74, 6) is 0.411. The number of nitrogen functional groups attached to an aromatic ring is 1. The second-order valence-corrected chi connectivity index (χ2v) is 4.37. The number of rotatable bonds is 2. The Balaban J connectivity index is 2.38. The molecule has 0 aliphatic heterocycles. The van der Waals surface area contributed by atoms with Crippen molar-refractivity contribution in [2.45, 2.75) is 13.3 Å². The lowest BCUT2D eigenvalue weighted by Gasteiger charge is -2.03. The van der Waals surface area contributed by atoms with Gasteiger partial charge in [-0.15, -0.1) is 10.2 Å². The van der Waals surface area contributed by atoms with Crippen molar-refractivity contribution in [3.63, 3.8) is 0 Å². The number of halogens is 1. The Morgan fingerprint density at radius 3 is 2.44 bits per heavy atom. The lowest BCUT2D eigenvalue weighted by atomic mass is 10.1. The van der Waals surface area contributed by atoms with Gasteiger partial charge in [-0.05, 0) is 34.0 Å². The van der Waals surface area contributed by atoms with Crippen LogP contribution in [0.15, 0.2) is 34.8 Å². The zero-order valence-corrected chi connectivity index (χ0v) is 10.5. The van der Waals surface area contributed by atoms with E-state index in [-0.39, 0.29) is 0 Å². The minimum absolute atomic E-state index is 0.411. The first-order chi connectivity index (χ1) is 7.70. The third kappa shape index (κ3) is 2.22. The predicted molar refractivity (Wildman–Crippen MR) is 69.0 cm³/mol. The molecule has 1 aromatic carbocycles. The third-order valence-corrected chi connectivity index (χ3v) is 3.07. The molecule has 2 rings (SSSR count). The first-order valence-corrected chi connectivity index (χ1v) is 5.88. The number of benzene rings is 1. The molecule has 0 amide bonds. The Morgan fingerprint density at radius 1 is 1.19 bits per heavy atom. The number of nitrogens with zero attached hydrogens (tertiary/aromatic N) is 2. The topological polar surface area (TPSA) is 51.8 Å². The first-order valence-electron chi connectivity index (χ1n) is 5.08.